The molecule has 0 spiro atoms. The van der Waals surface area contributed by atoms with Gasteiger partial charge in [0.1, 0.15) is 0 Å². The lowest BCUT2D eigenvalue weighted by atomic mass is 10.1. The lowest BCUT2D eigenvalue weighted by Crippen LogP contribution is -2.43. The number of anilines is 1. The summed E-state index contributed by atoms with van der Waals surface area (Å²) in [7, 11) is 0. The van der Waals surface area contributed by atoms with Crippen molar-refractivity contribution in [2.45, 2.75) is 70.9 Å². The van der Waals surface area contributed by atoms with Gasteiger partial charge < -0.3 is 10.6 Å². The Hall–Kier alpha value is -1.35. The average molecular weight is 288 g/mol. The molecule has 0 aromatic heterocycles. The molecule has 1 saturated carbocycles. The van der Waals surface area contributed by atoms with Crippen LogP contribution in [0.5, 0.6) is 0 Å². The Morgan fingerprint density at radius 3 is 2.33 bits per heavy atom. The molecule has 1 aliphatic rings. The normalized spacial score (nSPS) is 18.0. The summed E-state index contributed by atoms with van der Waals surface area (Å²) in [6, 6.07) is 8.46. The number of carbonyl (C=O) groups excluding carboxylic acids is 1. The SMILES string of the molecule is CCc1ccc(NC(=O)[C@@H](C)NC2CCCCCC2)cc1. The molecule has 0 heterocycles. The number of hydrogen-bond acceptors (Lipinski definition) is 2. The summed E-state index contributed by atoms with van der Waals surface area (Å²) >= 11 is 0. The van der Waals surface area contributed by atoms with Crippen molar-refractivity contribution in [2.75, 3.05) is 5.32 Å². The first kappa shape index (κ1) is 16.0. The largest absolute Gasteiger partial charge is 0.325 e. The minimum Gasteiger partial charge on any atom is -0.325 e. The Bertz CT molecular complexity index is 433. The molecule has 1 amide bonds. The van der Waals surface area contributed by atoms with E-state index in [4.69, 9.17) is 0 Å². The number of amides is 1. The first-order valence-electron chi connectivity index (χ1n) is 8.35. The zero-order valence-corrected chi connectivity index (χ0v) is 13.3. The monoisotopic (exact) mass is 288 g/mol. The van der Waals surface area contributed by atoms with Crippen LogP contribution in [-0.4, -0.2) is 18.0 Å². The van der Waals surface area contributed by atoms with Crippen molar-refractivity contribution in [1.82, 2.24) is 5.32 Å². The highest BCUT2D eigenvalue weighted by Crippen LogP contribution is 2.18. The highest BCUT2D eigenvalue weighted by molar-refractivity contribution is 5.94. The van der Waals surface area contributed by atoms with Gasteiger partial charge in [-0.2, -0.15) is 0 Å². The van der Waals surface area contributed by atoms with Crippen LogP contribution in [0, 0.1) is 0 Å². The van der Waals surface area contributed by atoms with Gasteiger partial charge in [-0.3, -0.25) is 4.79 Å². The maximum Gasteiger partial charge on any atom is 0.241 e. The quantitative estimate of drug-likeness (QED) is 0.807. The average Bonchev–Trinajstić information content (AvgIpc) is 2.76. The summed E-state index contributed by atoms with van der Waals surface area (Å²) < 4.78 is 0. The van der Waals surface area contributed by atoms with E-state index >= 15 is 0 Å². The van der Waals surface area contributed by atoms with E-state index in [1.807, 2.05) is 19.1 Å². The predicted octanol–water partition coefficient (Wildman–Crippen LogP) is 3.89. The number of aryl methyl sites for hydroxylation is 1. The molecule has 1 aromatic carbocycles. The van der Waals surface area contributed by atoms with Gasteiger partial charge in [0.2, 0.25) is 5.91 Å². The van der Waals surface area contributed by atoms with E-state index in [1.165, 1.54) is 44.1 Å². The summed E-state index contributed by atoms with van der Waals surface area (Å²) in [5.74, 6) is 0.0588. The van der Waals surface area contributed by atoms with E-state index in [0.29, 0.717) is 6.04 Å². The Morgan fingerprint density at radius 1 is 1.14 bits per heavy atom. The van der Waals surface area contributed by atoms with Crippen molar-refractivity contribution in [1.29, 1.82) is 0 Å². The zero-order chi connectivity index (χ0) is 15.1. The molecule has 2 N–H and O–H groups in total. The summed E-state index contributed by atoms with van der Waals surface area (Å²) in [5.41, 5.74) is 2.17. The van der Waals surface area contributed by atoms with Crippen molar-refractivity contribution in [3.05, 3.63) is 29.8 Å². The molecule has 0 unspecified atom stereocenters. The number of rotatable bonds is 5. The lowest BCUT2D eigenvalue weighted by molar-refractivity contribution is -0.118. The summed E-state index contributed by atoms with van der Waals surface area (Å²) in [4.78, 5) is 12.3. The maximum atomic E-state index is 12.3. The van der Waals surface area contributed by atoms with Crippen LogP contribution in [0.4, 0.5) is 5.69 Å². The third-order valence-corrected chi connectivity index (χ3v) is 4.36. The molecule has 3 heteroatoms. The number of carbonyl (C=O) groups is 1. The minimum atomic E-state index is -0.140. The Balaban J connectivity index is 1.83. The van der Waals surface area contributed by atoms with Gasteiger partial charge in [-0.1, -0.05) is 44.7 Å². The highest BCUT2D eigenvalue weighted by atomic mass is 16.2. The highest BCUT2D eigenvalue weighted by Gasteiger charge is 2.19. The van der Waals surface area contributed by atoms with Gasteiger partial charge in [0.15, 0.2) is 0 Å². The second kappa shape index (κ2) is 8.18. The second-order valence-electron chi connectivity index (χ2n) is 6.12. The van der Waals surface area contributed by atoms with Gasteiger partial charge in [-0.05, 0) is 43.9 Å². The molecular formula is C18H28N2O. The van der Waals surface area contributed by atoms with Gasteiger partial charge in [0.05, 0.1) is 6.04 Å². The maximum absolute atomic E-state index is 12.3. The summed E-state index contributed by atoms with van der Waals surface area (Å²) in [6.45, 7) is 4.09. The van der Waals surface area contributed by atoms with Crippen LogP contribution < -0.4 is 10.6 Å². The first-order valence-corrected chi connectivity index (χ1v) is 8.35. The Morgan fingerprint density at radius 2 is 1.76 bits per heavy atom. The molecule has 1 atom stereocenters. The van der Waals surface area contributed by atoms with Crippen LogP contribution >= 0.6 is 0 Å². The second-order valence-corrected chi connectivity index (χ2v) is 6.12. The van der Waals surface area contributed by atoms with Gasteiger partial charge in [0, 0.05) is 11.7 Å². The van der Waals surface area contributed by atoms with Gasteiger partial charge >= 0.3 is 0 Å². The fraction of sp³-hybridized carbons (Fsp3) is 0.611. The van der Waals surface area contributed by atoms with E-state index in [2.05, 4.69) is 29.7 Å². The van der Waals surface area contributed by atoms with Crippen molar-refractivity contribution in [2.24, 2.45) is 0 Å². The van der Waals surface area contributed by atoms with Crippen LogP contribution in [0.3, 0.4) is 0 Å². The van der Waals surface area contributed by atoms with E-state index < -0.39 is 0 Å². The molecule has 0 radical (unpaired) electrons. The molecule has 0 bridgehead atoms. The van der Waals surface area contributed by atoms with Crippen LogP contribution in [0.15, 0.2) is 24.3 Å². The number of hydrogen-bond donors (Lipinski definition) is 2. The predicted molar refractivity (Wildman–Crippen MR) is 88.5 cm³/mol. The third-order valence-electron chi connectivity index (χ3n) is 4.36. The van der Waals surface area contributed by atoms with Crippen LogP contribution in [-0.2, 0) is 11.2 Å². The molecule has 21 heavy (non-hydrogen) atoms. The topological polar surface area (TPSA) is 41.1 Å². The fourth-order valence-corrected chi connectivity index (χ4v) is 2.95. The molecule has 3 nitrogen and oxygen atoms in total. The van der Waals surface area contributed by atoms with E-state index in [1.54, 1.807) is 0 Å². The standard InChI is InChI=1S/C18H28N2O/c1-3-15-10-12-17(13-11-15)20-18(21)14(2)19-16-8-6-4-5-7-9-16/h10-14,16,19H,3-9H2,1-2H3,(H,20,21)/t14-/m1/s1. The fourth-order valence-electron chi connectivity index (χ4n) is 2.95. The Labute approximate surface area is 128 Å². The van der Waals surface area contributed by atoms with Gasteiger partial charge in [-0.15, -0.1) is 0 Å². The zero-order valence-electron chi connectivity index (χ0n) is 13.3. The molecule has 116 valence electrons. The number of nitrogens with one attached hydrogen (secondary N) is 2. The van der Waals surface area contributed by atoms with Crippen LogP contribution in [0.1, 0.15) is 57.9 Å². The van der Waals surface area contributed by atoms with Crippen LogP contribution in [0.25, 0.3) is 0 Å². The lowest BCUT2D eigenvalue weighted by Gasteiger charge is -2.21. The van der Waals surface area contributed by atoms with Crippen molar-refractivity contribution >= 4 is 11.6 Å². The smallest absolute Gasteiger partial charge is 0.241 e. The van der Waals surface area contributed by atoms with E-state index in [0.717, 1.165) is 12.1 Å². The summed E-state index contributed by atoms with van der Waals surface area (Å²) in [6.07, 6.45) is 8.65. The van der Waals surface area contributed by atoms with Gasteiger partial charge in [-0.25, -0.2) is 0 Å². The molecular weight excluding hydrogens is 260 g/mol. The first-order chi connectivity index (χ1) is 10.2. The molecule has 1 aliphatic carbocycles. The van der Waals surface area contributed by atoms with E-state index in [9.17, 15) is 4.79 Å². The van der Waals surface area contributed by atoms with Crippen molar-refractivity contribution in [3.63, 3.8) is 0 Å². The third kappa shape index (κ3) is 5.16. The van der Waals surface area contributed by atoms with E-state index in [-0.39, 0.29) is 11.9 Å². The summed E-state index contributed by atoms with van der Waals surface area (Å²) in [5, 5.41) is 6.49. The van der Waals surface area contributed by atoms with Crippen molar-refractivity contribution in [3.8, 4) is 0 Å². The number of benzene rings is 1. The Kier molecular flexibility index (Phi) is 6.24. The van der Waals surface area contributed by atoms with Gasteiger partial charge in [0.25, 0.3) is 0 Å². The minimum absolute atomic E-state index is 0.0588. The van der Waals surface area contributed by atoms with Crippen LogP contribution in [0.2, 0.25) is 0 Å². The van der Waals surface area contributed by atoms with Crippen molar-refractivity contribution < 1.29 is 4.79 Å². The molecule has 1 aromatic rings. The molecule has 1 fully saturated rings. The molecule has 2 rings (SSSR count). The molecule has 0 saturated heterocycles. The molecule has 0 aliphatic heterocycles.